The average molecular weight is 324 g/mol. The van der Waals surface area contributed by atoms with Gasteiger partial charge in [-0.05, 0) is 26.0 Å². The summed E-state index contributed by atoms with van der Waals surface area (Å²) in [6.45, 7) is 3.11. The maximum atomic E-state index is 12.2. The lowest BCUT2D eigenvalue weighted by atomic mass is 9.85. The number of benzene rings is 1. The number of carbonyl (C=O) groups excluding carboxylic acids is 1. The van der Waals surface area contributed by atoms with Crippen LogP contribution in [0.25, 0.3) is 10.9 Å². The molecule has 1 heterocycles. The number of halogens is 1. The Kier molecular flexibility index (Phi) is 3.49. The number of carboxylic acid groups (broad SMARTS) is 1. The Morgan fingerprint density at radius 1 is 1.37 bits per heavy atom. The summed E-state index contributed by atoms with van der Waals surface area (Å²) >= 11 is 3.36. The maximum Gasteiger partial charge on any atom is 0.309 e. The molecule has 4 nitrogen and oxygen atoms in total. The lowest BCUT2D eigenvalue weighted by Gasteiger charge is -2.17. The minimum Gasteiger partial charge on any atom is -0.481 e. The van der Waals surface area contributed by atoms with Gasteiger partial charge in [-0.1, -0.05) is 22.0 Å². The van der Waals surface area contributed by atoms with Gasteiger partial charge in [-0.25, -0.2) is 0 Å². The fraction of sp³-hybridized carbons (Fsp3) is 0.286. The van der Waals surface area contributed by atoms with Gasteiger partial charge in [-0.15, -0.1) is 0 Å². The van der Waals surface area contributed by atoms with E-state index in [1.807, 2.05) is 18.2 Å². The van der Waals surface area contributed by atoms with Gasteiger partial charge in [-0.2, -0.15) is 0 Å². The summed E-state index contributed by atoms with van der Waals surface area (Å²) in [7, 11) is 0. The standard InChI is InChI=1S/C14H14BrNO3/c1-14(2,13(18)19)6-12(17)10-7-16-11-5-8(15)3-4-9(10)11/h3-5,7,16H,6H2,1-2H3,(H,18,19). The van der Waals surface area contributed by atoms with Crippen molar-refractivity contribution in [2.75, 3.05) is 0 Å². The lowest BCUT2D eigenvalue weighted by molar-refractivity contribution is -0.146. The molecule has 0 radical (unpaired) electrons. The highest BCUT2D eigenvalue weighted by atomic mass is 79.9. The van der Waals surface area contributed by atoms with Crippen LogP contribution in [-0.4, -0.2) is 21.8 Å². The van der Waals surface area contributed by atoms with Crippen LogP contribution in [0.5, 0.6) is 0 Å². The molecule has 1 aromatic heterocycles. The fourth-order valence-electron chi connectivity index (χ4n) is 1.90. The Balaban J connectivity index is 2.35. The molecule has 2 aromatic rings. The molecule has 0 fully saturated rings. The number of aliphatic carboxylic acids is 1. The number of fused-ring (bicyclic) bond motifs is 1. The van der Waals surface area contributed by atoms with Gasteiger partial charge < -0.3 is 10.1 Å². The molecule has 0 aliphatic heterocycles. The zero-order valence-electron chi connectivity index (χ0n) is 10.7. The van der Waals surface area contributed by atoms with E-state index in [2.05, 4.69) is 20.9 Å². The fourth-order valence-corrected chi connectivity index (χ4v) is 2.26. The van der Waals surface area contributed by atoms with E-state index in [1.54, 1.807) is 20.0 Å². The number of hydrogen-bond donors (Lipinski definition) is 2. The van der Waals surface area contributed by atoms with Gasteiger partial charge in [0.1, 0.15) is 0 Å². The van der Waals surface area contributed by atoms with Crippen molar-refractivity contribution in [3.05, 3.63) is 34.4 Å². The van der Waals surface area contributed by atoms with Crippen LogP contribution in [0.2, 0.25) is 0 Å². The van der Waals surface area contributed by atoms with Crippen molar-refractivity contribution < 1.29 is 14.7 Å². The topological polar surface area (TPSA) is 70.2 Å². The predicted molar refractivity (Wildman–Crippen MR) is 76.4 cm³/mol. The number of aromatic nitrogens is 1. The van der Waals surface area contributed by atoms with Crippen molar-refractivity contribution in [1.29, 1.82) is 0 Å². The minimum absolute atomic E-state index is 0.0225. The molecule has 0 saturated carbocycles. The first kappa shape index (κ1) is 13.8. The summed E-state index contributed by atoms with van der Waals surface area (Å²) in [6.07, 6.45) is 1.61. The zero-order valence-corrected chi connectivity index (χ0v) is 12.2. The molecule has 0 atom stereocenters. The van der Waals surface area contributed by atoms with Crippen molar-refractivity contribution in [2.24, 2.45) is 5.41 Å². The first-order valence-electron chi connectivity index (χ1n) is 5.84. The maximum absolute atomic E-state index is 12.2. The summed E-state index contributed by atoms with van der Waals surface area (Å²) in [4.78, 5) is 26.3. The molecule has 0 spiro atoms. The minimum atomic E-state index is -1.06. The highest BCUT2D eigenvalue weighted by Gasteiger charge is 2.31. The second-order valence-electron chi connectivity index (χ2n) is 5.18. The second-order valence-corrected chi connectivity index (χ2v) is 6.10. The van der Waals surface area contributed by atoms with Crippen LogP contribution in [0.15, 0.2) is 28.9 Å². The smallest absolute Gasteiger partial charge is 0.309 e. The van der Waals surface area contributed by atoms with E-state index < -0.39 is 11.4 Å². The molecule has 0 amide bonds. The summed E-state index contributed by atoms with van der Waals surface area (Å²) in [5.41, 5.74) is 0.332. The molecule has 0 unspecified atom stereocenters. The van der Waals surface area contributed by atoms with Gasteiger partial charge >= 0.3 is 5.97 Å². The summed E-state index contributed by atoms with van der Waals surface area (Å²) < 4.78 is 0.923. The number of hydrogen-bond acceptors (Lipinski definition) is 2. The van der Waals surface area contributed by atoms with Gasteiger partial charge in [-0.3, -0.25) is 9.59 Å². The molecule has 2 rings (SSSR count). The Bertz CT molecular complexity index is 658. The highest BCUT2D eigenvalue weighted by molar-refractivity contribution is 9.10. The molecule has 0 saturated heterocycles. The van der Waals surface area contributed by atoms with Gasteiger partial charge in [0.25, 0.3) is 0 Å². The molecule has 2 N–H and O–H groups in total. The van der Waals surface area contributed by atoms with Crippen LogP contribution in [0.1, 0.15) is 30.6 Å². The van der Waals surface area contributed by atoms with Gasteiger partial charge in [0.2, 0.25) is 0 Å². The van der Waals surface area contributed by atoms with E-state index in [-0.39, 0.29) is 12.2 Å². The lowest BCUT2D eigenvalue weighted by Crippen LogP contribution is -2.26. The summed E-state index contributed by atoms with van der Waals surface area (Å²) in [5.74, 6) is -1.13. The van der Waals surface area contributed by atoms with Crippen LogP contribution >= 0.6 is 15.9 Å². The van der Waals surface area contributed by atoms with Crippen molar-refractivity contribution in [3.8, 4) is 0 Å². The average Bonchev–Trinajstić information content (AvgIpc) is 2.70. The van der Waals surface area contributed by atoms with Crippen LogP contribution in [-0.2, 0) is 4.79 Å². The third-order valence-corrected chi connectivity index (χ3v) is 3.62. The third-order valence-electron chi connectivity index (χ3n) is 3.13. The summed E-state index contributed by atoms with van der Waals surface area (Å²) in [5, 5.41) is 9.89. The Hall–Kier alpha value is -1.62. The van der Waals surface area contributed by atoms with Crippen LogP contribution < -0.4 is 0 Å². The van der Waals surface area contributed by atoms with Gasteiger partial charge in [0.15, 0.2) is 5.78 Å². The normalized spacial score (nSPS) is 11.7. The van der Waals surface area contributed by atoms with Gasteiger partial charge in [0.05, 0.1) is 5.41 Å². The van der Waals surface area contributed by atoms with E-state index in [0.717, 1.165) is 15.4 Å². The number of carbonyl (C=O) groups is 2. The summed E-state index contributed by atoms with van der Waals surface area (Å²) in [6, 6.07) is 5.58. The number of rotatable bonds is 4. The zero-order chi connectivity index (χ0) is 14.2. The van der Waals surface area contributed by atoms with Crippen LogP contribution in [0, 0.1) is 5.41 Å². The SMILES string of the molecule is CC(C)(CC(=O)c1c[nH]c2cc(Br)ccc12)C(=O)O. The predicted octanol–water partition coefficient (Wildman–Crippen LogP) is 3.61. The molecule has 5 heteroatoms. The van der Waals surface area contributed by atoms with E-state index >= 15 is 0 Å². The van der Waals surface area contributed by atoms with E-state index in [4.69, 9.17) is 5.11 Å². The van der Waals surface area contributed by atoms with Crippen LogP contribution in [0.4, 0.5) is 0 Å². The Morgan fingerprint density at radius 2 is 2.05 bits per heavy atom. The molecule has 0 aliphatic rings. The molecule has 1 aromatic carbocycles. The third kappa shape index (κ3) is 2.71. The quantitative estimate of drug-likeness (QED) is 0.844. The Labute approximate surface area is 118 Å². The monoisotopic (exact) mass is 323 g/mol. The van der Waals surface area contributed by atoms with E-state index in [0.29, 0.717) is 5.56 Å². The molecule has 0 aliphatic carbocycles. The largest absolute Gasteiger partial charge is 0.481 e. The van der Waals surface area contributed by atoms with Crippen molar-refractivity contribution in [1.82, 2.24) is 4.98 Å². The highest BCUT2D eigenvalue weighted by Crippen LogP contribution is 2.27. The Morgan fingerprint density at radius 3 is 2.68 bits per heavy atom. The number of aromatic amines is 1. The molecule has 0 bridgehead atoms. The first-order chi connectivity index (χ1) is 8.81. The molecule has 19 heavy (non-hydrogen) atoms. The van der Waals surface area contributed by atoms with E-state index in [1.165, 1.54) is 0 Å². The first-order valence-corrected chi connectivity index (χ1v) is 6.64. The molecular formula is C14H14BrNO3. The molecule has 100 valence electrons. The van der Waals surface area contributed by atoms with Gasteiger partial charge in [0, 0.05) is 33.6 Å². The molecular weight excluding hydrogens is 310 g/mol. The van der Waals surface area contributed by atoms with E-state index in [9.17, 15) is 9.59 Å². The number of ketones is 1. The number of Topliss-reactive ketones (excluding diaryl/α,β-unsaturated/α-hetero) is 1. The van der Waals surface area contributed by atoms with Crippen molar-refractivity contribution in [3.63, 3.8) is 0 Å². The van der Waals surface area contributed by atoms with Crippen molar-refractivity contribution >= 4 is 38.6 Å². The number of H-pyrrole nitrogens is 1. The number of carboxylic acids is 1. The number of nitrogens with one attached hydrogen (secondary N) is 1. The van der Waals surface area contributed by atoms with Crippen molar-refractivity contribution in [2.45, 2.75) is 20.3 Å². The van der Waals surface area contributed by atoms with Crippen LogP contribution in [0.3, 0.4) is 0 Å². The second kappa shape index (κ2) is 4.81.